The first-order chi connectivity index (χ1) is 11.8. The first kappa shape index (κ1) is 17.1. The van der Waals surface area contributed by atoms with E-state index >= 15 is 0 Å². The number of halogens is 3. The van der Waals surface area contributed by atoms with Gasteiger partial charge in [0.05, 0.1) is 11.0 Å². The van der Waals surface area contributed by atoms with Crippen LogP contribution in [-0.2, 0) is 10.9 Å². The molecule has 9 nitrogen and oxygen atoms in total. The monoisotopic (exact) mass is 359 g/mol. The summed E-state index contributed by atoms with van der Waals surface area (Å²) in [5.74, 6) is -1.98. The Morgan fingerprint density at radius 2 is 2.24 bits per heavy atom. The van der Waals surface area contributed by atoms with E-state index in [1.807, 2.05) is 0 Å². The lowest BCUT2D eigenvalue weighted by Gasteiger charge is -2.11. The molecule has 3 heterocycles. The predicted octanol–water partition coefficient (Wildman–Crippen LogP) is 2.65. The van der Waals surface area contributed by atoms with Crippen LogP contribution in [0.2, 0.25) is 0 Å². The lowest BCUT2D eigenvalue weighted by molar-refractivity contribution is -0.384. The Balaban J connectivity index is 1.83. The Bertz CT molecular complexity index is 773. The molecule has 1 unspecified atom stereocenters. The standard InChI is InChI=1S/C13H12F3N5O4/c14-13(15,16)12-19-10(20-25-12)7-4-9(21(22)23)11(17-5-7)18-6-8-2-1-3-24-8/h4-5,8H,1-3,6H2,(H,17,18). The normalized spacial score (nSPS) is 17.6. The first-order valence-electron chi connectivity index (χ1n) is 7.26. The van der Waals surface area contributed by atoms with Crippen molar-refractivity contribution in [2.45, 2.75) is 25.1 Å². The minimum absolute atomic E-state index is 0.0104. The summed E-state index contributed by atoms with van der Waals surface area (Å²) in [6.45, 7) is 0.980. The van der Waals surface area contributed by atoms with Gasteiger partial charge in [-0.2, -0.15) is 18.2 Å². The molecule has 134 valence electrons. The lowest BCUT2D eigenvalue weighted by atomic mass is 10.2. The molecule has 2 aromatic heterocycles. The van der Waals surface area contributed by atoms with E-state index < -0.39 is 28.5 Å². The molecule has 1 atom stereocenters. The van der Waals surface area contributed by atoms with Gasteiger partial charge in [0.15, 0.2) is 0 Å². The van der Waals surface area contributed by atoms with E-state index in [1.165, 1.54) is 0 Å². The zero-order valence-corrected chi connectivity index (χ0v) is 12.6. The largest absolute Gasteiger partial charge is 0.471 e. The van der Waals surface area contributed by atoms with Crippen LogP contribution in [0.3, 0.4) is 0 Å². The predicted molar refractivity (Wildman–Crippen MR) is 76.6 cm³/mol. The third-order valence-corrected chi connectivity index (χ3v) is 3.51. The molecule has 1 aliphatic rings. The highest BCUT2D eigenvalue weighted by atomic mass is 19.4. The molecule has 0 saturated carbocycles. The summed E-state index contributed by atoms with van der Waals surface area (Å²) in [4.78, 5) is 17.6. The van der Waals surface area contributed by atoms with Crippen LogP contribution >= 0.6 is 0 Å². The third-order valence-electron chi connectivity index (χ3n) is 3.51. The summed E-state index contributed by atoms with van der Waals surface area (Å²) in [7, 11) is 0. The van der Waals surface area contributed by atoms with Gasteiger partial charge in [0.2, 0.25) is 11.6 Å². The van der Waals surface area contributed by atoms with Crippen molar-refractivity contribution in [3.8, 4) is 11.4 Å². The van der Waals surface area contributed by atoms with E-state index in [1.54, 1.807) is 0 Å². The van der Waals surface area contributed by atoms with E-state index in [0.717, 1.165) is 25.1 Å². The summed E-state index contributed by atoms with van der Waals surface area (Å²) in [5.41, 5.74) is -0.470. The van der Waals surface area contributed by atoms with Crippen molar-refractivity contribution in [2.24, 2.45) is 0 Å². The van der Waals surface area contributed by atoms with E-state index in [4.69, 9.17) is 4.74 Å². The molecule has 2 aromatic rings. The van der Waals surface area contributed by atoms with Crippen molar-refractivity contribution >= 4 is 11.5 Å². The Kier molecular flexibility index (Phi) is 4.53. The summed E-state index contributed by atoms with van der Waals surface area (Å²) in [6, 6.07) is 1.04. The van der Waals surface area contributed by atoms with Crippen LogP contribution < -0.4 is 5.32 Å². The van der Waals surface area contributed by atoms with Crippen LogP contribution in [0.25, 0.3) is 11.4 Å². The number of nitrogens with one attached hydrogen (secondary N) is 1. The summed E-state index contributed by atoms with van der Waals surface area (Å²) >= 11 is 0. The zero-order valence-electron chi connectivity index (χ0n) is 12.6. The zero-order chi connectivity index (χ0) is 18.0. The van der Waals surface area contributed by atoms with Crippen LogP contribution in [0.5, 0.6) is 0 Å². The molecule has 0 amide bonds. The van der Waals surface area contributed by atoms with Crippen molar-refractivity contribution in [3.63, 3.8) is 0 Å². The highest BCUT2D eigenvalue weighted by molar-refractivity contribution is 5.65. The molecule has 1 fully saturated rings. The van der Waals surface area contributed by atoms with Gasteiger partial charge in [-0.25, -0.2) is 4.98 Å². The maximum absolute atomic E-state index is 12.5. The second kappa shape index (κ2) is 6.63. The summed E-state index contributed by atoms with van der Waals surface area (Å²) in [6.07, 6.45) is -1.97. The van der Waals surface area contributed by atoms with E-state index in [2.05, 4.69) is 25.0 Å². The molecule has 1 saturated heterocycles. The average Bonchev–Trinajstić information content (AvgIpc) is 3.23. The topological polar surface area (TPSA) is 116 Å². The van der Waals surface area contributed by atoms with Gasteiger partial charge in [-0.1, -0.05) is 5.16 Å². The molecule has 12 heteroatoms. The smallest absolute Gasteiger partial charge is 0.376 e. The molecule has 0 bridgehead atoms. The first-order valence-corrected chi connectivity index (χ1v) is 7.26. The van der Waals surface area contributed by atoms with Gasteiger partial charge < -0.3 is 14.6 Å². The number of ether oxygens (including phenoxy) is 1. The van der Waals surface area contributed by atoms with Gasteiger partial charge in [0.1, 0.15) is 0 Å². The van der Waals surface area contributed by atoms with Crippen molar-refractivity contribution < 1.29 is 27.4 Å². The Morgan fingerprint density at radius 1 is 1.44 bits per heavy atom. The minimum atomic E-state index is -4.80. The number of aromatic nitrogens is 3. The Hall–Kier alpha value is -2.76. The number of nitrogens with zero attached hydrogens (tertiary/aromatic N) is 4. The number of pyridine rings is 1. The maximum atomic E-state index is 12.5. The van der Waals surface area contributed by atoms with E-state index in [0.29, 0.717) is 13.2 Å². The van der Waals surface area contributed by atoms with Gasteiger partial charge in [0, 0.05) is 31.0 Å². The third kappa shape index (κ3) is 3.84. The second-order valence-corrected chi connectivity index (χ2v) is 5.29. The van der Waals surface area contributed by atoms with Crippen LogP contribution in [0.4, 0.5) is 24.7 Å². The van der Waals surface area contributed by atoms with Crippen molar-refractivity contribution in [1.29, 1.82) is 0 Å². The second-order valence-electron chi connectivity index (χ2n) is 5.29. The fourth-order valence-corrected chi connectivity index (χ4v) is 2.32. The highest BCUT2D eigenvalue weighted by Gasteiger charge is 2.38. The molecule has 1 N–H and O–H groups in total. The number of hydrogen-bond acceptors (Lipinski definition) is 8. The Morgan fingerprint density at radius 3 is 2.84 bits per heavy atom. The number of alkyl halides is 3. The summed E-state index contributed by atoms with van der Waals surface area (Å²) in [5, 5.41) is 17.2. The van der Waals surface area contributed by atoms with Gasteiger partial charge >= 0.3 is 17.8 Å². The number of anilines is 1. The van der Waals surface area contributed by atoms with Crippen molar-refractivity contribution in [1.82, 2.24) is 15.1 Å². The van der Waals surface area contributed by atoms with Crippen LogP contribution in [0.1, 0.15) is 18.7 Å². The molecule has 1 aliphatic heterocycles. The summed E-state index contributed by atoms with van der Waals surface area (Å²) < 4.78 is 47.0. The Labute approximate surface area is 138 Å². The highest BCUT2D eigenvalue weighted by Crippen LogP contribution is 2.31. The van der Waals surface area contributed by atoms with E-state index in [9.17, 15) is 23.3 Å². The van der Waals surface area contributed by atoms with Crippen molar-refractivity contribution in [3.05, 3.63) is 28.3 Å². The molecule has 3 rings (SSSR count). The fourth-order valence-electron chi connectivity index (χ4n) is 2.32. The maximum Gasteiger partial charge on any atom is 0.471 e. The van der Waals surface area contributed by atoms with Crippen molar-refractivity contribution in [2.75, 3.05) is 18.5 Å². The molecule has 0 aromatic carbocycles. The molecule has 0 spiro atoms. The van der Waals surface area contributed by atoms with Gasteiger partial charge in [-0.15, -0.1) is 0 Å². The van der Waals surface area contributed by atoms with Gasteiger partial charge in [-0.05, 0) is 12.8 Å². The quantitative estimate of drug-likeness (QED) is 0.640. The lowest BCUT2D eigenvalue weighted by Crippen LogP contribution is -2.19. The number of nitro groups is 1. The molecular formula is C13H12F3N5O4. The van der Waals surface area contributed by atoms with Crippen LogP contribution in [0, 0.1) is 10.1 Å². The van der Waals surface area contributed by atoms with Gasteiger partial charge in [0.25, 0.3) is 0 Å². The molecule has 25 heavy (non-hydrogen) atoms. The van der Waals surface area contributed by atoms with Crippen LogP contribution in [0.15, 0.2) is 16.8 Å². The average molecular weight is 359 g/mol. The molecular weight excluding hydrogens is 347 g/mol. The molecule has 0 radical (unpaired) electrons. The van der Waals surface area contributed by atoms with E-state index in [-0.39, 0.29) is 17.5 Å². The number of rotatable bonds is 5. The van der Waals surface area contributed by atoms with Crippen LogP contribution in [-0.4, -0.2) is 39.3 Å². The van der Waals surface area contributed by atoms with Gasteiger partial charge in [-0.3, -0.25) is 10.1 Å². The SMILES string of the molecule is O=[N+]([O-])c1cc(-c2noc(C(F)(F)F)n2)cnc1NCC1CCCO1. The fraction of sp³-hybridized carbons (Fsp3) is 0.462. The molecule has 0 aliphatic carbocycles. The number of hydrogen-bond donors (Lipinski definition) is 1. The minimum Gasteiger partial charge on any atom is -0.376 e.